The molecule has 0 spiro atoms. The fraction of sp³-hybridized carbons (Fsp3) is 0.333. The Bertz CT molecular complexity index is 1120. The van der Waals surface area contributed by atoms with Gasteiger partial charge in [0.05, 0.1) is 11.7 Å². The first kappa shape index (κ1) is 21.7. The molecule has 0 saturated carbocycles. The van der Waals surface area contributed by atoms with E-state index >= 15 is 0 Å². The second-order valence-electron chi connectivity index (χ2n) is 7.99. The summed E-state index contributed by atoms with van der Waals surface area (Å²) in [4.78, 5) is 28.2. The van der Waals surface area contributed by atoms with Crippen molar-refractivity contribution in [3.63, 3.8) is 0 Å². The Hall–Kier alpha value is -3.55. The lowest BCUT2D eigenvalue weighted by Crippen LogP contribution is -2.35. The van der Waals surface area contributed by atoms with Crippen LogP contribution < -0.4 is 10.1 Å². The van der Waals surface area contributed by atoms with E-state index in [9.17, 15) is 9.18 Å². The van der Waals surface area contributed by atoms with E-state index in [1.807, 2.05) is 39.0 Å². The Morgan fingerprint density at radius 2 is 1.81 bits per heavy atom. The molecule has 4 rings (SSSR count). The van der Waals surface area contributed by atoms with Gasteiger partial charge in [0, 0.05) is 29.3 Å². The van der Waals surface area contributed by atoms with Crippen molar-refractivity contribution in [3.8, 4) is 5.75 Å². The normalized spacial score (nSPS) is 15.6. The summed E-state index contributed by atoms with van der Waals surface area (Å²) in [6.45, 7) is 6.16. The molecule has 3 aromatic rings. The van der Waals surface area contributed by atoms with Crippen molar-refractivity contribution in [3.05, 3.63) is 71.1 Å². The lowest BCUT2D eigenvalue weighted by atomic mass is 10.1. The third-order valence-corrected chi connectivity index (χ3v) is 5.31. The highest BCUT2D eigenvalue weighted by Crippen LogP contribution is 2.33. The first-order valence-electron chi connectivity index (χ1n) is 10.6. The van der Waals surface area contributed by atoms with E-state index in [0.717, 1.165) is 41.3 Å². The fourth-order valence-electron chi connectivity index (χ4n) is 4.00. The van der Waals surface area contributed by atoms with Crippen LogP contribution in [-0.2, 0) is 4.79 Å². The summed E-state index contributed by atoms with van der Waals surface area (Å²) < 4.78 is 19.2. The summed E-state index contributed by atoms with van der Waals surface area (Å²) in [5, 5.41) is 3.26. The van der Waals surface area contributed by atoms with Crippen LogP contribution in [0, 0.1) is 26.6 Å². The Morgan fingerprint density at radius 3 is 2.56 bits per heavy atom. The number of nitrogens with one attached hydrogen (secondary N) is 1. The topological polar surface area (TPSA) is 80.2 Å². The number of aryl methyl sites for hydroxylation is 3. The van der Waals surface area contributed by atoms with Crippen molar-refractivity contribution in [1.82, 2.24) is 19.9 Å². The molecular weight excluding hydrogens is 409 g/mol. The van der Waals surface area contributed by atoms with Crippen LogP contribution >= 0.6 is 0 Å². The molecule has 1 atom stereocenters. The Labute approximate surface area is 186 Å². The molecule has 1 saturated heterocycles. The molecule has 1 N–H and O–H groups in total. The van der Waals surface area contributed by atoms with E-state index in [1.54, 1.807) is 17.0 Å². The van der Waals surface area contributed by atoms with Crippen LogP contribution in [0.4, 0.5) is 16.0 Å². The minimum absolute atomic E-state index is 0.0743. The van der Waals surface area contributed by atoms with Crippen molar-refractivity contribution in [1.29, 1.82) is 0 Å². The third-order valence-electron chi connectivity index (χ3n) is 5.31. The molecule has 3 heterocycles. The fourth-order valence-corrected chi connectivity index (χ4v) is 4.00. The number of rotatable bonds is 6. The van der Waals surface area contributed by atoms with Crippen LogP contribution in [0.3, 0.4) is 0 Å². The van der Waals surface area contributed by atoms with Crippen molar-refractivity contribution < 1.29 is 13.9 Å². The SMILES string of the molecule is Cc1cc(Nc2nc(C)cc(C)n2)cc([C@@H]2CCCN2C(=O)COc2ccccc2F)n1. The maximum Gasteiger partial charge on any atom is 0.261 e. The molecule has 7 nitrogen and oxygen atoms in total. The number of benzene rings is 1. The first-order valence-corrected chi connectivity index (χ1v) is 10.6. The molecule has 1 aromatic carbocycles. The molecule has 0 radical (unpaired) electrons. The predicted octanol–water partition coefficient (Wildman–Crippen LogP) is 4.42. The zero-order valence-corrected chi connectivity index (χ0v) is 18.4. The molecule has 0 aliphatic carbocycles. The zero-order valence-electron chi connectivity index (χ0n) is 18.4. The highest BCUT2D eigenvalue weighted by Gasteiger charge is 2.31. The van der Waals surface area contributed by atoms with Crippen molar-refractivity contribution in [2.75, 3.05) is 18.5 Å². The quantitative estimate of drug-likeness (QED) is 0.617. The number of pyridine rings is 1. The molecule has 1 aliphatic heterocycles. The summed E-state index contributed by atoms with van der Waals surface area (Å²) in [7, 11) is 0. The van der Waals surface area contributed by atoms with E-state index in [2.05, 4.69) is 20.3 Å². The van der Waals surface area contributed by atoms with E-state index in [0.29, 0.717) is 12.5 Å². The summed E-state index contributed by atoms with van der Waals surface area (Å²) in [6, 6.07) is 11.7. The van der Waals surface area contributed by atoms with Gasteiger partial charge in [0.25, 0.3) is 5.91 Å². The van der Waals surface area contributed by atoms with Gasteiger partial charge in [-0.2, -0.15) is 0 Å². The maximum atomic E-state index is 13.8. The standard InChI is InChI=1S/C24H26FN5O2/c1-15-11-16(2)28-24(27-15)29-18-12-17(3)26-20(13-18)21-8-6-10-30(21)23(31)14-32-22-9-5-4-7-19(22)25/h4-5,7,9,11-13,21H,6,8,10,14H2,1-3H3,(H,26,27,28,29)/t21-/m0/s1. The molecular formula is C24H26FN5O2. The minimum Gasteiger partial charge on any atom is -0.481 e. The van der Waals surface area contributed by atoms with Gasteiger partial charge in [0.15, 0.2) is 18.2 Å². The molecule has 1 amide bonds. The molecule has 1 aliphatic rings. The number of halogens is 1. The predicted molar refractivity (Wildman–Crippen MR) is 119 cm³/mol. The summed E-state index contributed by atoms with van der Waals surface area (Å²) in [5.74, 6) is -0.0731. The van der Waals surface area contributed by atoms with Gasteiger partial charge in [-0.1, -0.05) is 12.1 Å². The lowest BCUT2D eigenvalue weighted by Gasteiger charge is -2.25. The maximum absolute atomic E-state index is 13.8. The number of hydrogen-bond donors (Lipinski definition) is 1. The number of nitrogens with zero attached hydrogens (tertiary/aromatic N) is 4. The molecule has 8 heteroatoms. The van der Waals surface area contributed by atoms with Crippen LogP contribution in [-0.4, -0.2) is 38.9 Å². The summed E-state index contributed by atoms with van der Waals surface area (Å²) in [6.07, 6.45) is 1.68. The molecule has 0 unspecified atom stereocenters. The monoisotopic (exact) mass is 435 g/mol. The van der Waals surface area contributed by atoms with Crippen LogP contribution in [0.5, 0.6) is 5.75 Å². The van der Waals surface area contributed by atoms with Gasteiger partial charge in [0.1, 0.15) is 0 Å². The van der Waals surface area contributed by atoms with E-state index < -0.39 is 5.82 Å². The number of carbonyl (C=O) groups is 1. The van der Waals surface area contributed by atoms with Crippen molar-refractivity contribution in [2.24, 2.45) is 0 Å². The first-order chi connectivity index (χ1) is 15.4. The van der Waals surface area contributed by atoms with Crippen molar-refractivity contribution in [2.45, 2.75) is 39.7 Å². The van der Waals surface area contributed by atoms with Gasteiger partial charge in [-0.25, -0.2) is 14.4 Å². The molecule has 1 fully saturated rings. The Balaban J connectivity index is 1.50. The van der Waals surface area contributed by atoms with Gasteiger partial charge in [-0.05, 0) is 63.9 Å². The highest BCUT2D eigenvalue weighted by molar-refractivity contribution is 5.78. The number of ether oxygens (including phenoxy) is 1. The van der Waals surface area contributed by atoms with Gasteiger partial charge in [0.2, 0.25) is 5.95 Å². The van der Waals surface area contributed by atoms with Crippen LogP contribution in [0.15, 0.2) is 42.5 Å². The van der Waals surface area contributed by atoms with Crippen molar-refractivity contribution >= 4 is 17.5 Å². The van der Waals surface area contributed by atoms with Crippen LogP contribution in [0.2, 0.25) is 0 Å². The zero-order chi connectivity index (χ0) is 22.7. The van der Waals surface area contributed by atoms with E-state index in [1.165, 1.54) is 12.1 Å². The number of carbonyl (C=O) groups excluding carboxylic acids is 1. The number of likely N-dealkylation sites (tertiary alicyclic amines) is 1. The van der Waals surface area contributed by atoms with Crippen LogP contribution in [0.25, 0.3) is 0 Å². The second kappa shape index (κ2) is 9.30. The smallest absolute Gasteiger partial charge is 0.261 e. The van der Waals surface area contributed by atoms with Crippen LogP contribution in [0.1, 0.15) is 41.7 Å². The third kappa shape index (κ3) is 5.01. The minimum atomic E-state index is -0.483. The van der Waals surface area contributed by atoms with E-state index in [4.69, 9.17) is 4.74 Å². The largest absolute Gasteiger partial charge is 0.481 e. The summed E-state index contributed by atoms with van der Waals surface area (Å²) in [5.41, 5.74) is 4.21. The Morgan fingerprint density at radius 1 is 1.09 bits per heavy atom. The summed E-state index contributed by atoms with van der Waals surface area (Å²) >= 11 is 0. The number of hydrogen-bond acceptors (Lipinski definition) is 6. The molecule has 2 aromatic heterocycles. The van der Waals surface area contributed by atoms with Gasteiger partial charge < -0.3 is 15.0 Å². The van der Waals surface area contributed by atoms with E-state index in [-0.39, 0.29) is 24.3 Å². The Kier molecular flexibility index (Phi) is 6.30. The highest BCUT2D eigenvalue weighted by atomic mass is 19.1. The average molecular weight is 436 g/mol. The number of amides is 1. The van der Waals surface area contributed by atoms with Gasteiger partial charge in [-0.3, -0.25) is 9.78 Å². The van der Waals surface area contributed by atoms with Gasteiger partial charge in [-0.15, -0.1) is 0 Å². The second-order valence-corrected chi connectivity index (χ2v) is 7.99. The molecule has 0 bridgehead atoms. The molecule has 166 valence electrons. The average Bonchev–Trinajstić information content (AvgIpc) is 3.22. The number of aromatic nitrogens is 3. The number of anilines is 2. The number of para-hydroxylation sites is 1. The lowest BCUT2D eigenvalue weighted by molar-refractivity contribution is -0.134. The van der Waals surface area contributed by atoms with Gasteiger partial charge >= 0.3 is 0 Å². The molecule has 32 heavy (non-hydrogen) atoms.